The molecular formula is C33H34ClN3O6S. The topological polar surface area (TPSA) is 105 Å². The summed E-state index contributed by atoms with van der Waals surface area (Å²) >= 11 is 6.50. The Morgan fingerprint density at radius 2 is 1.50 bits per heavy atom. The summed E-state index contributed by atoms with van der Waals surface area (Å²) in [5, 5.41) is 3.07. The lowest BCUT2D eigenvalue weighted by Gasteiger charge is -2.34. The van der Waals surface area contributed by atoms with Gasteiger partial charge in [-0.15, -0.1) is 0 Å². The second-order valence-corrected chi connectivity index (χ2v) is 12.1. The molecule has 4 aromatic carbocycles. The Balaban J connectivity index is 1.85. The third-order valence-electron chi connectivity index (χ3n) is 7.08. The van der Waals surface area contributed by atoms with Crippen LogP contribution >= 0.6 is 11.6 Å². The van der Waals surface area contributed by atoms with E-state index in [0.29, 0.717) is 16.3 Å². The quantitative estimate of drug-likeness (QED) is 0.223. The summed E-state index contributed by atoms with van der Waals surface area (Å²) in [6.45, 7) is -0.689. The van der Waals surface area contributed by atoms with Gasteiger partial charge in [0, 0.05) is 31.1 Å². The van der Waals surface area contributed by atoms with Crippen LogP contribution in [0.5, 0.6) is 11.5 Å². The Morgan fingerprint density at radius 1 is 0.864 bits per heavy atom. The molecule has 0 aliphatic rings. The maximum atomic E-state index is 14.5. The number of likely N-dealkylation sites (N-methyl/N-ethyl adjacent to an activating group) is 1. The summed E-state index contributed by atoms with van der Waals surface area (Å²) in [5.74, 6) is -0.464. The largest absolute Gasteiger partial charge is 0.497 e. The first-order valence-corrected chi connectivity index (χ1v) is 15.6. The Hall–Kier alpha value is -4.54. The standard InChI is InChI=1S/C33H34ClN3O6S/c1-35-33(39)30(20-24-12-6-4-7-13-24)36(22-25-14-10-11-17-28(25)34)32(38)23-37(44(40,41)27-15-8-5-9-16-27)29-21-26(42-2)18-19-31(29)43-3/h4-19,21,30H,20,22-23H2,1-3H3,(H,35,39)/t30-/m0/s1. The number of hydrogen-bond donors (Lipinski definition) is 1. The molecule has 0 aromatic heterocycles. The second-order valence-electron chi connectivity index (χ2n) is 9.80. The molecule has 1 atom stereocenters. The van der Waals surface area contributed by atoms with Crippen LogP contribution in [0.4, 0.5) is 5.69 Å². The smallest absolute Gasteiger partial charge is 0.264 e. The van der Waals surface area contributed by atoms with E-state index in [-0.39, 0.29) is 29.3 Å². The first-order valence-electron chi connectivity index (χ1n) is 13.8. The highest BCUT2D eigenvalue weighted by Gasteiger charge is 2.35. The molecule has 0 unspecified atom stereocenters. The number of amides is 2. The highest BCUT2D eigenvalue weighted by Crippen LogP contribution is 2.36. The van der Waals surface area contributed by atoms with Crippen molar-refractivity contribution in [3.8, 4) is 11.5 Å². The minimum Gasteiger partial charge on any atom is -0.497 e. The SMILES string of the molecule is CNC(=O)[C@H](Cc1ccccc1)N(Cc1ccccc1Cl)C(=O)CN(c1cc(OC)ccc1OC)S(=O)(=O)c1ccccc1. The average molecular weight is 636 g/mol. The van der Waals surface area contributed by atoms with Gasteiger partial charge in [0.15, 0.2) is 0 Å². The molecule has 4 rings (SSSR count). The van der Waals surface area contributed by atoms with Gasteiger partial charge in [-0.2, -0.15) is 0 Å². The number of carbonyl (C=O) groups excluding carboxylic acids is 2. The highest BCUT2D eigenvalue weighted by molar-refractivity contribution is 7.92. The molecular weight excluding hydrogens is 602 g/mol. The van der Waals surface area contributed by atoms with Crippen molar-refractivity contribution >= 4 is 39.1 Å². The molecule has 0 aliphatic heterocycles. The third-order valence-corrected chi connectivity index (χ3v) is 9.22. The molecule has 9 nitrogen and oxygen atoms in total. The van der Waals surface area contributed by atoms with Crippen molar-refractivity contribution in [2.24, 2.45) is 0 Å². The summed E-state index contributed by atoms with van der Waals surface area (Å²) in [6, 6.07) is 27.8. The number of halogens is 1. The van der Waals surface area contributed by atoms with E-state index in [4.69, 9.17) is 21.1 Å². The molecule has 0 spiro atoms. The zero-order valence-corrected chi connectivity index (χ0v) is 26.2. The number of methoxy groups -OCH3 is 2. The fourth-order valence-corrected chi connectivity index (χ4v) is 6.39. The van der Waals surface area contributed by atoms with Crippen molar-refractivity contribution in [2.45, 2.75) is 23.9 Å². The van der Waals surface area contributed by atoms with Crippen molar-refractivity contribution < 1.29 is 27.5 Å². The van der Waals surface area contributed by atoms with E-state index in [1.165, 1.54) is 44.4 Å². The molecule has 0 radical (unpaired) electrons. The van der Waals surface area contributed by atoms with Gasteiger partial charge < -0.3 is 19.7 Å². The Kier molecular flexibility index (Phi) is 10.9. The lowest BCUT2D eigenvalue weighted by atomic mass is 10.0. The van der Waals surface area contributed by atoms with Gasteiger partial charge in [-0.25, -0.2) is 8.42 Å². The number of carbonyl (C=O) groups is 2. The maximum absolute atomic E-state index is 14.5. The number of nitrogens with zero attached hydrogens (tertiary/aromatic N) is 2. The number of benzene rings is 4. The van der Waals surface area contributed by atoms with E-state index in [0.717, 1.165) is 9.87 Å². The summed E-state index contributed by atoms with van der Waals surface area (Å²) < 4.78 is 40.2. The van der Waals surface area contributed by atoms with E-state index in [1.807, 2.05) is 30.3 Å². The number of sulfonamides is 1. The van der Waals surface area contributed by atoms with Crippen molar-refractivity contribution in [3.63, 3.8) is 0 Å². The molecule has 2 amide bonds. The van der Waals surface area contributed by atoms with Gasteiger partial charge in [-0.3, -0.25) is 13.9 Å². The molecule has 1 N–H and O–H groups in total. The van der Waals surface area contributed by atoms with E-state index < -0.39 is 34.4 Å². The fourth-order valence-electron chi connectivity index (χ4n) is 4.76. The summed E-state index contributed by atoms with van der Waals surface area (Å²) in [4.78, 5) is 29.2. The van der Waals surface area contributed by atoms with Crippen LogP contribution in [-0.4, -0.2) is 59.0 Å². The van der Waals surface area contributed by atoms with Crippen LogP contribution in [0.15, 0.2) is 108 Å². The molecule has 0 saturated carbocycles. The average Bonchev–Trinajstić information content (AvgIpc) is 3.06. The molecule has 0 aliphatic carbocycles. The van der Waals surface area contributed by atoms with E-state index in [9.17, 15) is 18.0 Å². The summed E-state index contributed by atoms with van der Waals surface area (Å²) in [7, 11) is 0.0462. The van der Waals surface area contributed by atoms with Crippen molar-refractivity contribution in [2.75, 3.05) is 32.1 Å². The first-order chi connectivity index (χ1) is 21.2. The highest BCUT2D eigenvalue weighted by atomic mass is 35.5. The lowest BCUT2D eigenvalue weighted by molar-refractivity contribution is -0.139. The van der Waals surface area contributed by atoms with Crippen LogP contribution < -0.4 is 19.1 Å². The van der Waals surface area contributed by atoms with Gasteiger partial charge in [-0.1, -0.05) is 78.3 Å². The Labute approximate surface area is 263 Å². The lowest BCUT2D eigenvalue weighted by Crippen LogP contribution is -2.53. The van der Waals surface area contributed by atoms with Crippen molar-refractivity contribution in [1.82, 2.24) is 10.2 Å². The van der Waals surface area contributed by atoms with Crippen LogP contribution in [0.3, 0.4) is 0 Å². The zero-order valence-electron chi connectivity index (χ0n) is 24.6. The summed E-state index contributed by atoms with van der Waals surface area (Å²) in [6.07, 6.45) is 0.185. The Morgan fingerprint density at radius 3 is 2.11 bits per heavy atom. The van der Waals surface area contributed by atoms with Crippen LogP contribution in [0, 0.1) is 0 Å². The fraction of sp³-hybridized carbons (Fsp3) is 0.212. The van der Waals surface area contributed by atoms with E-state index >= 15 is 0 Å². The number of nitrogens with one attached hydrogen (secondary N) is 1. The summed E-state index contributed by atoms with van der Waals surface area (Å²) in [5.41, 5.74) is 1.52. The van der Waals surface area contributed by atoms with Gasteiger partial charge in [-0.05, 0) is 41.5 Å². The van der Waals surface area contributed by atoms with Gasteiger partial charge >= 0.3 is 0 Å². The maximum Gasteiger partial charge on any atom is 0.264 e. The van der Waals surface area contributed by atoms with Crippen LogP contribution in [0.1, 0.15) is 11.1 Å². The molecule has 11 heteroatoms. The van der Waals surface area contributed by atoms with Crippen LogP contribution in [0.2, 0.25) is 5.02 Å². The van der Waals surface area contributed by atoms with Crippen molar-refractivity contribution in [1.29, 1.82) is 0 Å². The third kappa shape index (κ3) is 7.50. The normalized spacial score (nSPS) is 11.7. The number of anilines is 1. The predicted octanol–water partition coefficient (Wildman–Crippen LogP) is 4.94. The first kappa shape index (κ1) is 32.4. The Bertz CT molecular complexity index is 1690. The second kappa shape index (κ2) is 14.8. The number of ether oxygens (including phenoxy) is 2. The molecule has 230 valence electrons. The molecule has 44 heavy (non-hydrogen) atoms. The van der Waals surface area contributed by atoms with Crippen LogP contribution in [0.25, 0.3) is 0 Å². The van der Waals surface area contributed by atoms with Gasteiger partial charge in [0.2, 0.25) is 11.8 Å². The van der Waals surface area contributed by atoms with Gasteiger partial charge in [0.1, 0.15) is 24.1 Å². The number of rotatable bonds is 13. The predicted molar refractivity (Wildman–Crippen MR) is 171 cm³/mol. The van der Waals surface area contributed by atoms with E-state index in [2.05, 4.69) is 5.32 Å². The minimum absolute atomic E-state index is 0.0255. The number of hydrogen-bond acceptors (Lipinski definition) is 6. The molecule has 0 bridgehead atoms. The minimum atomic E-state index is -4.31. The van der Waals surface area contributed by atoms with E-state index in [1.54, 1.807) is 54.6 Å². The van der Waals surface area contributed by atoms with Crippen LogP contribution in [-0.2, 0) is 32.6 Å². The monoisotopic (exact) mass is 635 g/mol. The van der Waals surface area contributed by atoms with Gasteiger partial charge in [0.05, 0.1) is 24.8 Å². The molecule has 4 aromatic rings. The molecule has 0 saturated heterocycles. The molecule has 0 fully saturated rings. The molecule has 0 heterocycles. The van der Waals surface area contributed by atoms with Gasteiger partial charge in [0.25, 0.3) is 10.0 Å². The zero-order chi connectivity index (χ0) is 31.7. The van der Waals surface area contributed by atoms with Crippen molar-refractivity contribution in [3.05, 3.63) is 119 Å².